The average molecular weight is 468 g/mol. The maximum Gasteiger partial charge on any atom is 0.122 e. The van der Waals surface area contributed by atoms with Gasteiger partial charge in [0.2, 0.25) is 0 Å². The molecule has 4 nitrogen and oxygen atoms in total. The minimum atomic E-state index is -0.570. The van der Waals surface area contributed by atoms with Crippen molar-refractivity contribution in [2.24, 2.45) is 0 Å². The number of benzene rings is 3. The van der Waals surface area contributed by atoms with Crippen LogP contribution in [0, 0.1) is 0 Å². The highest BCUT2D eigenvalue weighted by Gasteiger charge is 2.26. The van der Waals surface area contributed by atoms with Crippen LogP contribution in [0.4, 0.5) is 0 Å². The average Bonchev–Trinajstić information content (AvgIpc) is 3.06. The van der Waals surface area contributed by atoms with Gasteiger partial charge < -0.3 is 14.6 Å². The van der Waals surface area contributed by atoms with Gasteiger partial charge in [-0.25, -0.2) is 0 Å². The Morgan fingerprint density at radius 3 is 2.42 bits per heavy atom. The van der Waals surface area contributed by atoms with E-state index in [0.717, 1.165) is 43.7 Å². The second-order valence-corrected chi connectivity index (χ2v) is 8.54. The van der Waals surface area contributed by atoms with E-state index in [1.54, 1.807) is 7.11 Å². The van der Waals surface area contributed by atoms with E-state index in [2.05, 4.69) is 47.4 Å². The molecule has 3 aromatic rings. The Morgan fingerprint density at radius 2 is 1.70 bits per heavy atom. The van der Waals surface area contributed by atoms with Crippen molar-refractivity contribution < 1.29 is 14.6 Å². The second kappa shape index (κ2) is 12.6. The zero-order valence-electron chi connectivity index (χ0n) is 19.2. The number of nitrogens with zero attached hydrogens (tertiary/aromatic N) is 1. The number of fused-ring (bicyclic) bond motifs is 1. The number of hydrogen-bond acceptors (Lipinski definition) is 4. The maximum atomic E-state index is 10.9. The summed E-state index contributed by atoms with van der Waals surface area (Å²) >= 11 is 0. The van der Waals surface area contributed by atoms with Gasteiger partial charge in [-0.3, -0.25) is 4.90 Å². The summed E-state index contributed by atoms with van der Waals surface area (Å²) in [5.41, 5.74) is 3.96. The summed E-state index contributed by atoms with van der Waals surface area (Å²) in [4.78, 5) is 2.43. The van der Waals surface area contributed by atoms with Crippen molar-refractivity contribution in [3.63, 3.8) is 0 Å². The van der Waals surface area contributed by atoms with Gasteiger partial charge in [0.15, 0.2) is 0 Å². The zero-order valence-corrected chi connectivity index (χ0v) is 20.0. The Morgan fingerprint density at radius 1 is 0.970 bits per heavy atom. The van der Waals surface area contributed by atoms with Crippen molar-refractivity contribution >= 4 is 12.4 Å². The molecule has 33 heavy (non-hydrogen) atoms. The lowest BCUT2D eigenvalue weighted by Gasteiger charge is -2.33. The quantitative estimate of drug-likeness (QED) is 0.433. The molecule has 4 rings (SSSR count). The van der Waals surface area contributed by atoms with Crippen LogP contribution in [0.25, 0.3) is 0 Å². The van der Waals surface area contributed by atoms with Crippen LogP contribution in [-0.2, 0) is 19.4 Å². The molecule has 1 aliphatic rings. The SMILES string of the molecule is COc1cccc2c1CC(N(Cc1ccccc1)C[C@H](O)COc1ccccc1)CCC2.Cl. The predicted molar refractivity (Wildman–Crippen MR) is 135 cm³/mol. The first-order valence-corrected chi connectivity index (χ1v) is 11.5. The Hall–Kier alpha value is -2.53. The molecule has 0 aliphatic heterocycles. The molecule has 0 heterocycles. The minimum absolute atomic E-state index is 0. The molecule has 0 saturated heterocycles. The monoisotopic (exact) mass is 467 g/mol. The first-order chi connectivity index (χ1) is 15.7. The van der Waals surface area contributed by atoms with Crippen LogP contribution >= 0.6 is 12.4 Å². The third-order valence-corrected chi connectivity index (χ3v) is 6.25. The fourth-order valence-electron chi connectivity index (χ4n) is 4.64. The van der Waals surface area contributed by atoms with Crippen LogP contribution in [0.3, 0.4) is 0 Å². The highest BCUT2D eigenvalue weighted by atomic mass is 35.5. The minimum Gasteiger partial charge on any atom is -0.496 e. The number of methoxy groups -OCH3 is 1. The Bertz CT molecular complexity index is 967. The third-order valence-electron chi connectivity index (χ3n) is 6.25. The Labute approximate surface area is 203 Å². The first kappa shape index (κ1) is 25.1. The van der Waals surface area contributed by atoms with Crippen LogP contribution in [0.2, 0.25) is 0 Å². The van der Waals surface area contributed by atoms with Gasteiger partial charge in [-0.15, -0.1) is 12.4 Å². The summed E-state index contributed by atoms with van der Waals surface area (Å²) < 4.78 is 11.5. The summed E-state index contributed by atoms with van der Waals surface area (Å²) in [7, 11) is 1.75. The van der Waals surface area contributed by atoms with E-state index in [-0.39, 0.29) is 19.0 Å². The van der Waals surface area contributed by atoms with Crippen molar-refractivity contribution in [1.29, 1.82) is 0 Å². The molecule has 5 heteroatoms. The standard InChI is InChI=1S/C28H33NO3.ClH/c1-31-28-17-9-13-23-12-8-14-24(18-27(23)28)29(19-22-10-4-2-5-11-22)20-25(30)21-32-26-15-6-3-7-16-26;/h2-7,9-11,13,15-17,24-25,30H,8,12,14,18-21H2,1H3;1H/t24?,25-;/m0./s1. The normalized spacial score (nSPS) is 16.3. The lowest BCUT2D eigenvalue weighted by molar-refractivity contribution is 0.0462. The van der Waals surface area contributed by atoms with E-state index in [1.165, 1.54) is 16.7 Å². The number of para-hydroxylation sites is 1. The summed E-state index contributed by atoms with van der Waals surface area (Å²) in [6.45, 7) is 1.65. The second-order valence-electron chi connectivity index (χ2n) is 8.54. The van der Waals surface area contributed by atoms with Gasteiger partial charge in [-0.1, -0.05) is 60.7 Å². The molecule has 0 amide bonds. The molecule has 0 radical (unpaired) electrons. The van der Waals surface area contributed by atoms with Crippen molar-refractivity contribution in [2.45, 2.75) is 44.4 Å². The highest BCUT2D eigenvalue weighted by molar-refractivity contribution is 5.85. The molecular formula is C28H34ClNO3. The number of ether oxygens (including phenoxy) is 2. The zero-order chi connectivity index (χ0) is 22.2. The third kappa shape index (κ3) is 6.97. The molecule has 2 atom stereocenters. The maximum absolute atomic E-state index is 10.9. The van der Waals surface area contributed by atoms with Gasteiger partial charge in [0.25, 0.3) is 0 Å². The number of halogens is 1. The van der Waals surface area contributed by atoms with Crippen molar-refractivity contribution in [3.05, 3.63) is 95.6 Å². The number of hydrogen-bond donors (Lipinski definition) is 1. The van der Waals surface area contributed by atoms with Crippen molar-refractivity contribution in [1.82, 2.24) is 4.90 Å². The van der Waals surface area contributed by atoms with Crippen LogP contribution < -0.4 is 9.47 Å². The summed E-state index contributed by atoms with van der Waals surface area (Å²) in [6.07, 6.45) is 3.66. The molecule has 0 bridgehead atoms. The van der Waals surface area contributed by atoms with E-state index in [4.69, 9.17) is 9.47 Å². The summed E-state index contributed by atoms with van der Waals surface area (Å²) in [5.74, 6) is 1.76. The molecule has 0 saturated carbocycles. The molecular weight excluding hydrogens is 434 g/mol. The Balaban J connectivity index is 0.00000306. The molecule has 1 N–H and O–H groups in total. The van der Waals surface area contributed by atoms with E-state index >= 15 is 0 Å². The van der Waals surface area contributed by atoms with Gasteiger partial charge >= 0.3 is 0 Å². The van der Waals surface area contributed by atoms with Crippen molar-refractivity contribution in [2.75, 3.05) is 20.3 Å². The van der Waals surface area contributed by atoms with Crippen molar-refractivity contribution in [3.8, 4) is 11.5 Å². The molecule has 3 aromatic carbocycles. The summed E-state index contributed by atoms with van der Waals surface area (Å²) in [6, 6.07) is 26.9. The lowest BCUT2D eigenvalue weighted by atomic mass is 9.99. The molecule has 1 unspecified atom stereocenters. The number of rotatable bonds is 9. The van der Waals surface area contributed by atoms with E-state index in [9.17, 15) is 5.11 Å². The Kier molecular flexibility index (Phi) is 9.61. The van der Waals surface area contributed by atoms with Crippen LogP contribution in [-0.4, -0.2) is 42.4 Å². The molecule has 1 aliphatic carbocycles. The first-order valence-electron chi connectivity index (χ1n) is 11.5. The predicted octanol–water partition coefficient (Wildman–Crippen LogP) is 5.31. The van der Waals surface area contributed by atoms with E-state index < -0.39 is 6.10 Å². The van der Waals surface area contributed by atoms with Gasteiger partial charge in [-0.2, -0.15) is 0 Å². The lowest BCUT2D eigenvalue weighted by Crippen LogP contribution is -2.42. The van der Waals surface area contributed by atoms with Gasteiger partial charge in [0, 0.05) is 19.1 Å². The topological polar surface area (TPSA) is 41.9 Å². The number of aliphatic hydroxyl groups is 1. The molecule has 0 spiro atoms. The van der Waals surface area contributed by atoms with Crippen LogP contribution in [0.15, 0.2) is 78.9 Å². The van der Waals surface area contributed by atoms with E-state index in [0.29, 0.717) is 12.6 Å². The molecule has 0 fully saturated rings. The van der Waals surface area contributed by atoms with E-state index in [1.807, 2.05) is 36.4 Å². The number of aliphatic hydroxyl groups excluding tert-OH is 1. The summed E-state index contributed by atoms with van der Waals surface area (Å²) in [5, 5.41) is 10.9. The van der Waals surface area contributed by atoms with Gasteiger partial charge in [0.05, 0.1) is 7.11 Å². The molecule has 176 valence electrons. The smallest absolute Gasteiger partial charge is 0.122 e. The van der Waals surface area contributed by atoms with Crippen LogP contribution in [0.5, 0.6) is 11.5 Å². The fourth-order valence-corrected chi connectivity index (χ4v) is 4.64. The number of aryl methyl sites for hydroxylation is 1. The van der Waals surface area contributed by atoms with Gasteiger partial charge in [0.1, 0.15) is 24.2 Å². The van der Waals surface area contributed by atoms with Gasteiger partial charge in [-0.05, 0) is 60.6 Å². The molecule has 0 aromatic heterocycles. The largest absolute Gasteiger partial charge is 0.496 e. The fraction of sp³-hybridized carbons (Fsp3) is 0.357. The van der Waals surface area contributed by atoms with Crippen LogP contribution in [0.1, 0.15) is 29.5 Å². The highest BCUT2D eigenvalue weighted by Crippen LogP contribution is 2.31.